The average molecular weight is 504 g/mol. The van der Waals surface area contributed by atoms with Gasteiger partial charge in [-0.1, -0.05) is 42.5 Å². The predicted molar refractivity (Wildman–Crippen MR) is 153 cm³/mol. The number of benzene rings is 3. The van der Waals surface area contributed by atoms with Gasteiger partial charge >= 0.3 is 0 Å². The molecule has 0 radical (unpaired) electrons. The van der Waals surface area contributed by atoms with Gasteiger partial charge in [0.1, 0.15) is 0 Å². The molecule has 1 amide bonds. The molecule has 36 heavy (non-hydrogen) atoms. The molecule has 0 aliphatic carbocycles. The number of nitrogens with one attached hydrogen (secondary N) is 2. The third-order valence-electron chi connectivity index (χ3n) is 6.24. The van der Waals surface area contributed by atoms with E-state index in [0.29, 0.717) is 18.7 Å². The van der Waals surface area contributed by atoms with Gasteiger partial charge in [0.25, 0.3) is 5.91 Å². The second-order valence-corrected chi connectivity index (χ2v) is 9.03. The van der Waals surface area contributed by atoms with E-state index in [1.807, 2.05) is 61.6 Å². The summed E-state index contributed by atoms with van der Waals surface area (Å²) in [4.78, 5) is 16.1. The second kappa shape index (κ2) is 13.7. The Bertz CT molecular complexity index is 1160. The number of thiol groups is 1. The Balaban J connectivity index is 0.00000176. The highest BCUT2D eigenvalue weighted by molar-refractivity contribution is 7.80. The quantitative estimate of drug-likeness (QED) is 0.301. The molecule has 0 aromatic heterocycles. The third kappa shape index (κ3) is 6.91. The first-order chi connectivity index (χ1) is 17.6. The van der Waals surface area contributed by atoms with Gasteiger partial charge in [-0.3, -0.25) is 4.79 Å². The summed E-state index contributed by atoms with van der Waals surface area (Å²) in [5, 5.41) is 6.38. The van der Waals surface area contributed by atoms with Crippen molar-refractivity contribution < 1.29 is 4.79 Å². The van der Waals surface area contributed by atoms with Gasteiger partial charge in [0.2, 0.25) is 0 Å². The van der Waals surface area contributed by atoms with Gasteiger partial charge in [0, 0.05) is 55.1 Å². The summed E-state index contributed by atoms with van der Waals surface area (Å²) in [5.74, 6) is -0.0565. The summed E-state index contributed by atoms with van der Waals surface area (Å²) in [6.07, 6.45) is 2.02. The van der Waals surface area contributed by atoms with Crippen molar-refractivity contribution in [1.29, 1.82) is 0 Å². The minimum atomic E-state index is -0.0565. The number of rotatable bonds is 8. The van der Waals surface area contributed by atoms with Gasteiger partial charge in [-0.05, 0) is 72.5 Å². The summed E-state index contributed by atoms with van der Waals surface area (Å²) in [5.41, 5.74) is 18.2. The van der Waals surface area contributed by atoms with Crippen LogP contribution in [0.4, 0.5) is 5.69 Å². The molecule has 0 atom stereocenters. The SMILES string of the molecule is CN.CN/C(=C(\CN)CN1CCCc2cc(C(=O)NCc3ccc(S)cc3)ccc21)c1ccccc1. The van der Waals surface area contributed by atoms with Crippen LogP contribution in [0, 0.1) is 0 Å². The van der Waals surface area contributed by atoms with Crippen molar-refractivity contribution in [3.05, 3.63) is 101 Å². The molecule has 0 fully saturated rings. The van der Waals surface area contributed by atoms with E-state index >= 15 is 0 Å². The molecular formula is C29H37N5OS. The zero-order valence-corrected chi connectivity index (χ0v) is 22.0. The monoisotopic (exact) mass is 503 g/mol. The second-order valence-electron chi connectivity index (χ2n) is 8.52. The molecule has 0 spiro atoms. The smallest absolute Gasteiger partial charge is 0.251 e. The van der Waals surface area contributed by atoms with Gasteiger partial charge in [0.05, 0.1) is 0 Å². The molecule has 190 valence electrons. The number of anilines is 1. The molecule has 0 bridgehead atoms. The Morgan fingerprint density at radius 1 is 1.00 bits per heavy atom. The van der Waals surface area contributed by atoms with Crippen LogP contribution in [0.3, 0.4) is 0 Å². The minimum Gasteiger partial charge on any atom is -0.388 e. The fourth-order valence-corrected chi connectivity index (χ4v) is 4.63. The summed E-state index contributed by atoms with van der Waals surface area (Å²) >= 11 is 4.31. The summed E-state index contributed by atoms with van der Waals surface area (Å²) in [6.45, 7) is 2.69. The molecule has 1 aliphatic rings. The number of hydrogen-bond donors (Lipinski definition) is 5. The van der Waals surface area contributed by atoms with Gasteiger partial charge in [-0.15, -0.1) is 12.6 Å². The van der Waals surface area contributed by atoms with Gasteiger partial charge in [-0.25, -0.2) is 0 Å². The number of carbonyl (C=O) groups is 1. The molecule has 6 N–H and O–H groups in total. The molecule has 7 heteroatoms. The number of aryl methyl sites for hydroxylation is 1. The Labute approximate surface area is 220 Å². The fraction of sp³-hybridized carbons (Fsp3) is 0.276. The standard InChI is InChI=1S/C28H32N4OS.CH5N/c1-30-27(21-6-3-2-4-7-21)24(17-29)19-32-15-5-8-22-16-23(11-14-26(22)32)28(33)31-18-20-9-12-25(34)13-10-20;1-2/h2-4,6-7,9-14,16,30,34H,5,8,15,17-19,29H2,1H3,(H,31,33);2H2,1H3/b27-24+;. The molecule has 0 saturated heterocycles. The van der Waals surface area contributed by atoms with Crippen LogP contribution in [0.5, 0.6) is 0 Å². The maximum Gasteiger partial charge on any atom is 0.251 e. The van der Waals surface area contributed by atoms with Gasteiger partial charge in [-0.2, -0.15) is 0 Å². The minimum absolute atomic E-state index is 0.0565. The highest BCUT2D eigenvalue weighted by atomic mass is 32.1. The number of nitrogens with zero attached hydrogens (tertiary/aromatic N) is 1. The number of nitrogens with two attached hydrogens (primary N) is 2. The maximum atomic E-state index is 12.8. The fourth-order valence-electron chi connectivity index (χ4n) is 4.48. The predicted octanol–water partition coefficient (Wildman–Crippen LogP) is 3.82. The van der Waals surface area contributed by atoms with Crippen molar-refractivity contribution in [2.75, 3.05) is 38.6 Å². The number of fused-ring (bicyclic) bond motifs is 1. The van der Waals surface area contributed by atoms with E-state index in [0.717, 1.165) is 53.2 Å². The van der Waals surface area contributed by atoms with E-state index in [1.165, 1.54) is 18.3 Å². The number of carbonyl (C=O) groups excluding carboxylic acids is 1. The molecule has 0 unspecified atom stereocenters. The molecule has 4 rings (SSSR count). The Morgan fingerprint density at radius 3 is 2.39 bits per heavy atom. The van der Waals surface area contributed by atoms with Crippen LogP contribution < -0.4 is 27.0 Å². The highest BCUT2D eigenvalue weighted by Crippen LogP contribution is 2.29. The lowest BCUT2D eigenvalue weighted by atomic mass is 9.97. The van der Waals surface area contributed by atoms with E-state index in [9.17, 15) is 4.79 Å². The maximum absolute atomic E-state index is 12.8. The molecule has 3 aromatic rings. The first kappa shape index (κ1) is 27.3. The highest BCUT2D eigenvalue weighted by Gasteiger charge is 2.20. The summed E-state index contributed by atoms with van der Waals surface area (Å²) < 4.78 is 0. The zero-order chi connectivity index (χ0) is 25.9. The largest absolute Gasteiger partial charge is 0.388 e. The summed E-state index contributed by atoms with van der Waals surface area (Å²) in [7, 11) is 3.44. The van der Waals surface area contributed by atoms with E-state index in [4.69, 9.17) is 5.73 Å². The first-order valence-electron chi connectivity index (χ1n) is 12.3. The van der Waals surface area contributed by atoms with Crippen LogP contribution in [0.25, 0.3) is 5.70 Å². The van der Waals surface area contributed by atoms with Crippen LogP contribution in [0.2, 0.25) is 0 Å². The van der Waals surface area contributed by atoms with Crippen LogP contribution in [-0.2, 0) is 13.0 Å². The van der Waals surface area contributed by atoms with Crippen molar-refractivity contribution in [2.24, 2.45) is 11.5 Å². The van der Waals surface area contributed by atoms with Crippen LogP contribution in [-0.4, -0.2) is 39.6 Å². The zero-order valence-electron chi connectivity index (χ0n) is 21.1. The Kier molecular flexibility index (Phi) is 10.4. The van der Waals surface area contributed by atoms with Crippen molar-refractivity contribution in [3.8, 4) is 0 Å². The first-order valence-corrected chi connectivity index (χ1v) is 12.7. The molecule has 1 heterocycles. The third-order valence-corrected chi connectivity index (χ3v) is 6.54. The Hall–Kier alpha value is -3.26. The average Bonchev–Trinajstić information content (AvgIpc) is 2.94. The lowest BCUT2D eigenvalue weighted by Gasteiger charge is -2.33. The van der Waals surface area contributed by atoms with Crippen molar-refractivity contribution in [3.63, 3.8) is 0 Å². The number of hydrogen-bond acceptors (Lipinski definition) is 6. The van der Waals surface area contributed by atoms with Gasteiger partial charge < -0.3 is 27.0 Å². The molecule has 6 nitrogen and oxygen atoms in total. The van der Waals surface area contributed by atoms with Crippen LogP contribution >= 0.6 is 12.6 Å². The summed E-state index contributed by atoms with van der Waals surface area (Å²) in [6, 6.07) is 24.2. The Morgan fingerprint density at radius 2 is 1.72 bits per heavy atom. The molecule has 3 aromatic carbocycles. The van der Waals surface area contributed by atoms with E-state index in [-0.39, 0.29) is 5.91 Å². The van der Waals surface area contributed by atoms with E-state index < -0.39 is 0 Å². The van der Waals surface area contributed by atoms with Crippen molar-refractivity contribution >= 4 is 29.9 Å². The number of amides is 1. The van der Waals surface area contributed by atoms with Crippen LogP contribution in [0.15, 0.2) is 83.3 Å². The van der Waals surface area contributed by atoms with Gasteiger partial charge in [0.15, 0.2) is 0 Å². The van der Waals surface area contributed by atoms with E-state index in [2.05, 4.69) is 52.1 Å². The van der Waals surface area contributed by atoms with Crippen LogP contribution in [0.1, 0.15) is 33.5 Å². The molecular weight excluding hydrogens is 466 g/mol. The topological polar surface area (TPSA) is 96.4 Å². The molecule has 1 aliphatic heterocycles. The van der Waals surface area contributed by atoms with E-state index in [1.54, 1.807) is 0 Å². The van der Waals surface area contributed by atoms with Crippen molar-refractivity contribution in [1.82, 2.24) is 10.6 Å². The molecule has 0 saturated carbocycles. The normalized spacial score (nSPS) is 13.1. The lowest BCUT2D eigenvalue weighted by Crippen LogP contribution is -2.34. The lowest BCUT2D eigenvalue weighted by molar-refractivity contribution is 0.0951. The van der Waals surface area contributed by atoms with Crippen molar-refractivity contribution in [2.45, 2.75) is 24.3 Å².